The van der Waals surface area contributed by atoms with Gasteiger partial charge in [0, 0.05) is 13.0 Å². The van der Waals surface area contributed by atoms with Gasteiger partial charge in [-0.2, -0.15) is 13.2 Å². The quantitative estimate of drug-likeness (QED) is 0.890. The number of halogens is 3. The SMILES string of the molecule is O=C(O)Cc1ccc(OC2(C(F)(F)F)CCNC2)cc1. The van der Waals surface area contributed by atoms with Gasteiger partial charge in [-0.05, 0) is 24.2 Å². The molecule has 0 radical (unpaired) electrons. The number of aliphatic carboxylic acids is 1. The Labute approximate surface area is 113 Å². The summed E-state index contributed by atoms with van der Waals surface area (Å²) in [5, 5.41) is 11.3. The van der Waals surface area contributed by atoms with E-state index in [4.69, 9.17) is 9.84 Å². The molecule has 7 heteroatoms. The first-order valence-electron chi connectivity index (χ1n) is 6.10. The van der Waals surface area contributed by atoms with Crippen molar-refractivity contribution in [1.82, 2.24) is 5.32 Å². The van der Waals surface area contributed by atoms with Gasteiger partial charge in [0.25, 0.3) is 0 Å². The van der Waals surface area contributed by atoms with Crippen LogP contribution in [0.3, 0.4) is 0 Å². The van der Waals surface area contributed by atoms with Crippen LogP contribution in [0.5, 0.6) is 5.75 Å². The van der Waals surface area contributed by atoms with E-state index in [0.29, 0.717) is 5.56 Å². The van der Waals surface area contributed by atoms with Crippen molar-refractivity contribution in [3.63, 3.8) is 0 Å². The van der Waals surface area contributed by atoms with Crippen LogP contribution in [-0.2, 0) is 11.2 Å². The molecule has 1 aliphatic rings. The molecule has 1 aliphatic heterocycles. The minimum atomic E-state index is -4.46. The van der Waals surface area contributed by atoms with E-state index in [1.165, 1.54) is 24.3 Å². The number of hydrogen-bond acceptors (Lipinski definition) is 3. The average molecular weight is 289 g/mol. The fourth-order valence-electron chi connectivity index (χ4n) is 2.13. The first-order chi connectivity index (χ1) is 9.32. The zero-order valence-corrected chi connectivity index (χ0v) is 10.5. The summed E-state index contributed by atoms with van der Waals surface area (Å²) in [6.45, 7) is -0.0377. The molecule has 4 nitrogen and oxygen atoms in total. The first kappa shape index (κ1) is 14.6. The highest BCUT2D eigenvalue weighted by Gasteiger charge is 2.58. The molecule has 1 heterocycles. The van der Waals surface area contributed by atoms with E-state index in [0.717, 1.165) is 0 Å². The zero-order chi connectivity index (χ0) is 14.8. The summed E-state index contributed by atoms with van der Waals surface area (Å²) in [5.41, 5.74) is -1.70. The summed E-state index contributed by atoms with van der Waals surface area (Å²) in [7, 11) is 0. The van der Waals surface area contributed by atoms with Crippen molar-refractivity contribution in [2.45, 2.75) is 24.6 Å². The Balaban J connectivity index is 2.14. The maximum Gasteiger partial charge on any atom is 0.429 e. The molecule has 1 fully saturated rings. The lowest BCUT2D eigenvalue weighted by Gasteiger charge is -2.31. The van der Waals surface area contributed by atoms with Gasteiger partial charge in [0.1, 0.15) is 5.75 Å². The first-order valence-corrected chi connectivity index (χ1v) is 6.10. The highest BCUT2D eigenvalue weighted by atomic mass is 19.4. The average Bonchev–Trinajstić information content (AvgIpc) is 2.80. The fraction of sp³-hybridized carbons (Fsp3) is 0.462. The Kier molecular flexibility index (Phi) is 3.89. The smallest absolute Gasteiger partial charge is 0.429 e. The van der Waals surface area contributed by atoms with Crippen LogP contribution in [0.1, 0.15) is 12.0 Å². The molecule has 20 heavy (non-hydrogen) atoms. The molecule has 0 amide bonds. The van der Waals surface area contributed by atoms with Crippen molar-refractivity contribution in [1.29, 1.82) is 0 Å². The molecule has 110 valence electrons. The van der Waals surface area contributed by atoms with E-state index in [9.17, 15) is 18.0 Å². The predicted molar refractivity (Wildman–Crippen MR) is 64.7 cm³/mol. The maximum atomic E-state index is 13.1. The third-order valence-electron chi connectivity index (χ3n) is 3.22. The molecule has 0 bridgehead atoms. The van der Waals surface area contributed by atoms with Crippen molar-refractivity contribution in [3.05, 3.63) is 29.8 Å². The van der Waals surface area contributed by atoms with Crippen molar-refractivity contribution >= 4 is 5.97 Å². The molecule has 2 N–H and O–H groups in total. The van der Waals surface area contributed by atoms with E-state index >= 15 is 0 Å². The Hall–Kier alpha value is -1.76. The lowest BCUT2D eigenvalue weighted by Crippen LogP contribution is -2.52. The number of hydrogen-bond donors (Lipinski definition) is 2. The lowest BCUT2D eigenvalue weighted by molar-refractivity contribution is -0.240. The second kappa shape index (κ2) is 5.32. The minimum Gasteiger partial charge on any atom is -0.481 e. The van der Waals surface area contributed by atoms with Gasteiger partial charge < -0.3 is 15.2 Å². The highest BCUT2D eigenvalue weighted by molar-refractivity contribution is 5.70. The molecule has 0 aromatic heterocycles. The fourth-order valence-corrected chi connectivity index (χ4v) is 2.13. The maximum absolute atomic E-state index is 13.1. The Morgan fingerprint density at radius 1 is 1.35 bits per heavy atom. The van der Waals surface area contributed by atoms with Gasteiger partial charge in [-0.25, -0.2) is 0 Å². The van der Waals surface area contributed by atoms with Crippen LogP contribution in [-0.4, -0.2) is 35.9 Å². The lowest BCUT2D eigenvalue weighted by atomic mass is 10.0. The third-order valence-corrected chi connectivity index (χ3v) is 3.22. The van der Waals surface area contributed by atoms with Crippen LogP contribution < -0.4 is 10.1 Å². The standard InChI is InChI=1S/C13H14F3NO3/c14-13(15,16)12(5-6-17-8-12)20-10-3-1-9(2-4-10)7-11(18)19/h1-4,17H,5-8H2,(H,18,19). The second-order valence-electron chi connectivity index (χ2n) is 4.74. The van der Waals surface area contributed by atoms with Gasteiger partial charge in [-0.15, -0.1) is 0 Å². The molecular formula is C13H14F3NO3. The van der Waals surface area contributed by atoms with Crippen LogP contribution in [0.2, 0.25) is 0 Å². The van der Waals surface area contributed by atoms with E-state index in [1.807, 2.05) is 0 Å². The van der Waals surface area contributed by atoms with Crippen molar-refractivity contribution in [2.75, 3.05) is 13.1 Å². The van der Waals surface area contributed by atoms with Gasteiger partial charge in [0.2, 0.25) is 5.60 Å². The topological polar surface area (TPSA) is 58.6 Å². The normalized spacial score (nSPS) is 22.8. The Morgan fingerprint density at radius 2 is 2.00 bits per heavy atom. The highest BCUT2D eigenvalue weighted by Crippen LogP contribution is 2.39. The second-order valence-corrected chi connectivity index (χ2v) is 4.74. The third kappa shape index (κ3) is 3.04. The van der Waals surface area contributed by atoms with Gasteiger partial charge in [0.15, 0.2) is 0 Å². The van der Waals surface area contributed by atoms with E-state index in [1.54, 1.807) is 0 Å². The number of rotatable bonds is 4. The van der Waals surface area contributed by atoms with E-state index in [2.05, 4.69) is 5.32 Å². The number of carbonyl (C=O) groups is 1. The number of carboxylic acids is 1. The number of nitrogens with one attached hydrogen (secondary N) is 1. The van der Waals surface area contributed by atoms with Crippen LogP contribution in [0.15, 0.2) is 24.3 Å². The molecule has 0 spiro atoms. The summed E-state index contributed by atoms with van der Waals surface area (Å²) in [6.07, 6.45) is -4.78. The predicted octanol–water partition coefficient (Wildman–Crippen LogP) is 1.99. The summed E-state index contributed by atoms with van der Waals surface area (Å²) in [6, 6.07) is 5.64. The summed E-state index contributed by atoms with van der Waals surface area (Å²) in [5.74, 6) is -0.911. The van der Waals surface area contributed by atoms with Crippen molar-refractivity contribution in [2.24, 2.45) is 0 Å². The molecule has 0 aliphatic carbocycles. The number of alkyl halides is 3. The Bertz CT molecular complexity index is 479. The van der Waals surface area contributed by atoms with Gasteiger partial charge in [-0.1, -0.05) is 12.1 Å². The molecule has 2 rings (SSSR count). The largest absolute Gasteiger partial charge is 0.481 e. The monoisotopic (exact) mass is 289 g/mol. The molecule has 1 saturated heterocycles. The van der Waals surface area contributed by atoms with Gasteiger partial charge in [0.05, 0.1) is 6.42 Å². The van der Waals surface area contributed by atoms with E-state index in [-0.39, 0.29) is 31.7 Å². The number of carboxylic acid groups (broad SMARTS) is 1. The van der Waals surface area contributed by atoms with Crippen LogP contribution in [0.4, 0.5) is 13.2 Å². The molecule has 1 unspecified atom stereocenters. The molecule has 1 atom stereocenters. The van der Waals surface area contributed by atoms with Gasteiger partial charge >= 0.3 is 12.1 Å². The van der Waals surface area contributed by atoms with Crippen molar-refractivity contribution in [3.8, 4) is 5.75 Å². The molecular weight excluding hydrogens is 275 g/mol. The molecule has 0 saturated carbocycles. The van der Waals surface area contributed by atoms with E-state index < -0.39 is 17.7 Å². The van der Waals surface area contributed by atoms with Crippen molar-refractivity contribution < 1.29 is 27.8 Å². The number of benzene rings is 1. The van der Waals surface area contributed by atoms with Crippen LogP contribution in [0, 0.1) is 0 Å². The van der Waals surface area contributed by atoms with Crippen LogP contribution in [0.25, 0.3) is 0 Å². The van der Waals surface area contributed by atoms with Gasteiger partial charge in [-0.3, -0.25) is 4.79 Å². The zero-order valence-electron chi connectivity index (χ0n) is 10.5. The molecule has 1 aromatic carbocycles. The summed E-state index contributed by atoms with van der Waals surface area (Å²) >= 11 is 0. The molecule has 1 aromatic rings. The number of ether oxygens (including phenoxy) is 1. The summed E-state index contributed by atoms with van der Waals surface area (Å²) in [4.78, 5) is 10.5. The van der Waals surface area contributed by atoms with Crippen LogP contribution >= 0.6 is 0 Å². The summed E-state index contributed by atoms with van der Waals surface area (Å²) < 4.78 is 44.5. The Morgan fingerprint density at radius 3 is 2.45 bits per heavy atom. The minimum absolute atomic E-state index is 0.0835.